The topological polar surface area (TPSA) is 39.7 Å². The van der Waals surface area contributed by atoms with Crippen molar-refractivity contribution in [2.45, 2.75) is 18.8 Å². The summed E-state index contributed by atoms with van der Waals surface area (Å²) in [7, 11) is 1.69. The number of nitrogens with one attached hydrogen (secondary N) is 1. The first-order valence-electron chi connectivity index (χ1n) is 7.41. The van der Waals surface area contributed by atoms with Crippen LogP contribution < -0.4 is 10.1 Å². The van der Waals surface area contributed by atoms with Gasteiger partial charge in [0.1, 0.15) is 5.75 Å². The fraction of sp³-hybridized carbons (Fsp3) is 0.625. The molecule has 0 aliphatic carbocycles. The Hall–Kier alpha value is -1.10. The fourth-order valence-electron chi connectivity index (χ4n) is 2.45. The van der Waals surface area contributed by atoms with Gasteiger partial charge in [0.2, 0.25) is 0 Å². The molecule has 1 N–H and O–H groups in total. The zero-order valence-electron chi connectivity index (χ0n) is 12.3. The minimum Gasteiger partial charge on any atom is -0.493 e. The van der Waals surface area contributed by atoms with Crippen LogP contribution in [0.5, 0.6) is 5.75 Å². The zero-order chi connectivity index (χ0) is 14.0. The molecule has 0 amide bonds. The molecule has 4 heteroatoms. The van der Waals surface area contributed by atoms with Crippen LogP contribution in [0.3, 0.4) is 0 Å². The molecule has 0 aromatic heterocycles. The Morgan fingerprint density at radius 2 is 2.15 bits per heavy atom. The monoisotopic (exact) mass is 279 g/mol. The highest BCUT2D eigenvalue weighted by molar-refractivity contribution is 5.37. The van der Waals surface area contributed by atoms with Crippen LogP contribution >= 0.6 is 0 Å². The van der Waals surface area contributed by atoms with Crippen LogP contribution in [0.2, 0.25) is 0 Å². The average Bonchev–Trinajstić information content (AvgIpc) is 2.50. The van der Waals surface area contributed by atoms with Crippen molar-refractivity contribution in [3.05, 3.63) is 29.8 Å². The fourth-order valence-corrected chi connectivity index (χ4v) is 2.45. The molecule has 1 unspecified atom stereocenters. The molecule has 0 spiro atoms. The van der Waals surface area contributed by atoms with E-state index in [0.29, 0.717) is 19.1 Å². The first-order valence-corrected chi connectivity index (χ1v) is 7.41. The number of benzene rings is 1. The van der Waals surface area contributed by atoms with Crippen LogP contribution in [-0.2, 0) is 9.47 Å². The molecule has 1 aromatic carbocycles. The number of ether oxygens (including phenoxy) is 3. The molecule has 0 radical (unpaired) electrons. The molecular weight excluding hydrogens is 254 g/mol. The van der Waals surface area contributed by atoms with Gasteiger partial charge in [-0.15, -0.1) is 0 Å². The van der Waals surface area contributed by atoms with Gasteiger partial charge in [0.05, 0.1) is 19.8 Å². The Kier molecular flexibility index (Phi) is 6.84. The molecular formula is C16H25NO3. The van der Waals surface area contributed by atoms with E-state index < -0.39 is 0 Å². The van der Waals surface area contributed by atoms with E-state index in [0.717, 1.165) is 44.9 Å². The summed E-state index contributed by atoms with van der Waals surface area (Å²) in [6.07, 6.45) is 2.13. The van der Waals surface area contributed by atoms with Crippen molar-refractivity contribution >= 4 is 0 Å². The summed E-state index contributed by atoms with van der Waals surface area (Å²) in [6.45, 7) is 4.98. The van der Waals surface area contributed by atoms with Crippen molar-refractivity contribution in [3.8, 4) is 5.75 Å². The summed E-state index contributed by atoms with van der Waals surface area (Å²) in [4.78, 5) is 0. The third-order valence-corrected chi connectivity index (χ3v) is 3.55. The third-order valence-electron chi connectivity index (χ3n) is 3.55. The molecule has 2 rings (SSSR count). The minimum atomic E-state index is 0.564. The maximum absolute atomic E-state index is 5.68. The predicted octanol–water partition coefficient (Wildman–Crippen LogP) is 2.20. The lowest BCUT2D eigenvalue weighted by Gasteiger charge is -2.26. The van der Waals surface area contributed by atoms with Crippen LogP contribution in [0.15, 0.2) is 24.3 Å². The maximum atomic E-state index is 5.68. The second-order valence-electron chi connectivity index (χ2n) is 5.03. The van der Waals surface area contributed by atoms with Gasteiger partial charge in [-0.3, -0.25) is 0 Å². The Morgan fingerprint density at radius 1 is 1.25 bits per heavy atom. The minimum absolute atomic E-state index is 0.564. The lowest BCUT2D eigenvalue weighted by Crippen LogP contribution is -2.27. The van der Waals surface area contributed by atoms with Crippen LogP contribution in [0.4, 0.5) is 0 Å². The highest BCUT2D eigenvalue weighted by atomic mass is 16.5. The van der Waals surface area contributed by atoms with Gasteiger partial charge in [0, 0.05) is 26.2 Å². The van der Waals surface area contributed by atoms with Gasteiger partial charge in [-0.2, -0.15) is 0 Å². The van der Waals surface area contributed by atoms with E-state index in [1.165, 1.54) is 5.56 Å². The van der Waals surface area contributed by atoms with Gasteiger partial charge < -0.3 is 19.5 Å². The van der Waals surface area contributed by atoms with Gasteiger partial charge in [-0.1, -0.05) is 18.2 Å². The van der Waals surface area contributed by atoms with Crippen LogP contribution in [0.1, 0.15) is 24.3 Å². The Bertz CT molecular complexity index is 384. The predicted molar refractivity (Wildman–Crippen MR) is 79.5 cm³/mol. The van der Waals surface area contributed by atoms with E-state index in [-0.39, 0.29) is 0 Å². The second kappa shape index (κ2) is 8.95. The number of fused-ring (bicyclic) bond motifs is 1. The Morgan fingerprint density at radius 3 is 3.05 bits per heavy atom. The van der Waals surface area contributed by atoms with E-state index in [2.05, 4.69) is 23.5 Å². The molecule has 4 nitrogen and oxygen atoms in total. The average molecular weight is 279 g/mol. The Balaban J connectivity index is 1.61. The van der Waals surface area contributed by atoms with E-state index >= 15 is 0 Å². The molecule has 0 saturated carbocycles. The van der Waals surface area contributed by atoms with Crippen LogP contribution in [-0.4, -0.2) is 46.6 Å². The van der Waals surface area contributed by atoms with E-state index in [1.54, 1.807) is 7.11 Å². The normalized spacial score (nSPS) is 17.6. The molecule has 20 heavy (non-hydrogen) atoms. The quantitative estimate of drug-likeness (QED) is 0.703. The summed E-state index contributed by atoms with van der Waals surface area (Å²) in [5.41, 5.74) is 1.34. The lowest BCUT2D eigenvalue weighted by molar-refractivity contribution is 0.0694. The molecule has 1 aliphatic heterocycles. The van der Waals surface area contributed by atoms with E-state index in [9.17, 15) is 0 Å². The molecule has 1 aromatic rings. The summed E-state index contributed by atoms with van der Waals surface area (Å²) in [5, 5.41) is 3.52. The number of para-hydroxylation sites is 1. The van der Waals surface area contributed by atoms with Gasteiger partial charge in [0.25, 0.3) is 0 Å². The SMILES string of the molecule is COCCOCCCNCC1CCOc2ccccc21. The summed E-state index contributed by atoms with van der Waals surface area (Å²) >= 11 is 0. The van der Waals surface area contributed by atoms with Crippen molar-refractivity contribution in [2.75, 3.05) is 46.6 Å². The molecule has 1 aliphatic rings. The summed E-state index contributed by atoms with van der Waals surface area (Å²) in [5.74, 6) is 1.61. The molecule has 1 atom stereocenters. The van der Waals surface area contributed by atoms with Crippen molar-refractivity contribution in [1.82, 2.24) is 5.32 Å². The third kappa shape index (κ3) is 4.78. The smallest absolute Gasteiger partial charge is 0.122 e. The highest BCUT2D eigenvalue weighted by Gasteiger charge is 2.20. The largest absolute Gasteiger partial charge is 0.493 e. The Labute approximate surface area is 121 Å². The van der Waals surface area contributed by atoms with Gasteiger partial charge in [0.15, 0.2) is 0 Å². The standard InChI is InChI=1S/C16H25NO3/c1-18-11-12-19-9-4-8-17-13-14-7-10-20-16-6-3-2-5-15(14)16/h2-3,5-6,14,17H,4,7-13H2,1H3. The summed E-state index contributed by atoms with van der Waals surface area (Å²) < 4.78 is 16.0. The number of hydrogen-bond acceptors (Lipinski definition) is 4. The van der Waals surface area contributed by atoms with Gasteiger partial charge in [-0.05, 0) is 31.0 Å². The van der Waals surface area contributed by atoms with Crippen molar-refractivity contribution in [3.63, 3.8) is 0 Å². The van der Waals surface area contributed by atoms with Gasteiger partial charge in [-0.25, -0.2) is 0 Å². The number of hydrogen-bond donors (Lipinski definition) is 1. The summed E-state index contributed by atoms with van der Waals surface area (Å²) in [6, 6.07) is 8.36. The lowest BCUT2D eigenvalue weighted by atomic mass is 9.93. The molecule has 0 bridgehead atoms. The van der Waals surface area contributed by atoms with Crippen molar-refractivity contribution in [1.29, 1.82) is 0 Å². The molecule has 112 valence electrons. The maximum Gasteiger partial charge on any atom is 0.122 e. The van der Waals surface area contributed by atoms with Crippen LogP contribution in [0.25, 0.3) is 0 Å². The number of rotatable bonds is 9. The first kappa shape index (κ1) is 15.3. The van der Waals surface area contributed by atoms with E-state index in [1.807, 2.05) is 6.07 Å². The first-order chi connectivity index (χ1) is 9.92. The van der Waals surface area contributed by atoms with Crippen molar-refractivity contribution in [2.24, 2.45) is 0 Å². The molecule has 1 heterocycles. The zero-order valence-corrected chi connectivity index (χ0v) is 12.3. The van der Waals surface area contributed by atoms with Gasteiger partial charge >= 0.3 is 0 Å². The number of methoxy groups -OCH3 is 1. The second-order valence-corrected chi connectivity index (χ2v) is 5.03. The molecule has 0 saturated heterocycles. The van der Waals surface area contributed by atoms with Crippen molar-refractivity contribution < 1.29 is 14.2 Å². The van der Waals surface area contributed by atoms with Crippen LogP contribution in [0, 0.1) is 0 Å². The molecule has 0 fully saturated rings. The van der Waals surface area contributed by atoms with E-state index in [4.69, 9.17) is 14.2 Å². The highest BCUT2D eigenvalue weighted by Crippen LogP contribution is 2.32.